The highest BCUT2D eigenvalue weighted by Gasteiger charge is 2.19. The molecule has 0 saturated heterocycles. The molecular formula is C14H18N4O2S. The number of aryl methyl sites for hydroxylation is 1. The minimum Gasteiger partial charge on any atom is -0.302 e. The average molecular weight is 306 g/mol. The molecule has 2 aromatic heterocycles. The monoisotopic (exact) mass is 306 g/mol. The molecule has 112 valence electrons. The van der Waals surface area contributed by atoms with Gasteiger partial charge < -0.3 is 5.32 Å². The van der Waals surface area contributed by atoms with Crippen molar-refractivity contribution in [2.45, 2.75) is 39.8 Å². The molecule has 2 heterocycles. The number of rotatable bonds is 6. The topological polar surface area (TPSA) is 81.0 Å². The van der Waals surface area contributed by atoms with E-state index in [1.165, 1.54) is 0 Å². The Kier molecular flexibility index (Phi) is 4.98. The molecule has 21 heavy (non-hydrogen) atoms. The number of hydrogen-bond donors (Lipinski definition) is 1. The van der Waals surface area contributed by atoms with Crippen LogP contribution in [0.15, 0.2) is 17.8 Å². The van der Waals surface area contributed by atoms with E-state index in [1.807, 2.05) is 5.38 Å². The Hall–Kier alpha value is -1.86. The number of aromatic nitrogens is 2. The van der Waals surface area contributed by atoms with Gasteiger partial charge in [0.05, 0.1) is 16.7 Å². The lowest BCUT2D eigenvalue weighted by Crippen LogP contribution is -2.21. The molecule has 0 radical (unpaired) electrons. The molecular weight excluding hydrogens is 288 g/mol. The first-order valence-corrected chi connectivity index (χ1v) is 7.64. The third kappa shape index (κ3) is 3.43. The second-order valence-electron chi connectivity index (χ2n) is 4.83. The fourth-order valence-electron chi connectivity index (χ4n) is 2.26. The van der Waals surface area contributed by atoms with Crippen LogP contribution in [0.4, 0.5) is 5.69 Å². The second kappa shape index (κ2) is 6.73. The number of nitro groups is 1. The van der Waals surface area contributed by atoms with Crippen molar-refractivity contribution in [3.63, 3.8) is 0 Å². The fourth-order valence-corrected chi connectivity index (χ4v) is 3.05. The standard InChI is InChI=1S/C14H18N4O2S/c1-4-11(14-15-5-6-21-14)17-8-12-10(3)13(18(19)20)9(2)7-16-12/h5-7,11,17H,4,8H2,1-3H3. The largest absolute Gasteiger partial charge is 0.302 e. The van der Waals surface area contributed by atoms with Gasteiger partial charge in [-0.15, -0.1) is 11.3 Å². The number of nitrogens with one attached hydrogen (secondary N) is 1. The summed E-state index contributed by atoms with van der Waals surface area (Å²) < 4.78 is 0. The van der Waals surface area contributed by atoms with E-state index in [9.17, 15) is 10.1 Å². The van der Waals surface area contributed by atoms with Crippen LogP contribution >= 0.6 is 11.3 Å². The molecule has 0 aliphatic rings. The Morgan fingerprint density at radius 1 is 1.43 bits per heavy atom. The van der Waals surface area contributed by atoms with E-state index in [-0.39, 0.29) is 16.7 Å². The highest BCUT2D eigenvalue weighted by molar-refractivity contribution is 7.09. The zero-order valence-electron chi connectivity index (χ0n) is 12.3. The maximum atomic E-state index is 11.1. The molecule has 0 saturated carbocycles. The quantitative estimate of drug-likeness (QED) is 0.654. The van der Waals surface area contributed by atoms with Gasteiger partial charge in [0.1, 0.15) is 5.01 Å². The van der Waals surface area contributed by atoms with Crippen LogP contribution in [0.25, 0.3) is 0 Å². The molecule has 0 spiro atoms. The van der Waals surface area contributed by atoms with Gasteiger partial charge in [-0.2, -0.15) is 0 Å². The molecule has 0 amide bonds. The van der Waals surface area contributed by atoms with Crippen LogP contribution in [0.2, 0.25) is 0 Å². The summed E-state index contributed by atoms with van der Waals surface area (Å²) in [7, 11) is 0. The maximum Gasteiger partial charge on any atom is 0.278 e. The van der Waals surface area contributed by atoms with Gasteiger partial charge in [-0.3, -0.25) is 15.1 Å². The molecule has 0 fully saturated rings. The van der Waals surface area contributed by atoms with Gasteiger partial charge in [-0.05, 0) is 20.3 Å². The van der Waals surface area contributed by atoms with Crippen LogP contribution in [0.3, 0.4) is 0 Å². The normalized spacial score (nSPS) is 12.3. The highest BCUT2D eigenvalue weighted by atomic mass is 32.1. The minimum atomic E-state index is -0.339. The predicted molar refractivity (Wildman–Crippen MR) is 82.4 cm³/mol. The van der Waals surface area contributed by atoms with Crippen molar-refractivity contribution < 1.29 is 4.92 Å². The number of nitrogens with zero attached hydrogens (tertiary/aromatic N) is 3. The Bertz CT molecular complexity index is 628. The fraction of sp³-hybridized carbons (Fsp3) is 0.429. The maximum absolute atomic E-state index is 11.1. The minimum absolute atomic E-state index is 0.145. The van der Waals surface area contributed by atoms with E-state index < -0.39 is 0 Å². The number of pyridine rings is 1. The summed E-state index contributed by atoms with van der Waals surface area (Å²) in [6.45, 7) is 6.03. The summed E-state index contributed by atoms with van der Waals surface area (Å²) in [4.78, 5) is 19.4. The van der Waals surface area contributed by atoms with Crippen molar-refractivity contribution in [3.05, 3.63) is 49.7 Å². The zero-order valence-corrected chi connectivity index (χ0v) is 13.1. The van der Waals surface area contributed by atoms with Gasteiger partial charge >= 0.3 is 0 Å². The molecule has 0 aromatic carbocycles. The van der Waals surface area contributed by atoms with Gasteiger partial charge in [-0.1, -0.05) is 6.92 Å². The Balaban J connectivity index is 2.17. The lowest BCUT2D eigenvalue weighted by molar-refractivity contribution is -0.386. The van der Waals surface area contributed by atoms with Gasteiger partial charge in [-0.25, -0.2) is 4.98 Å². The van der Waals surface area contributed by atoms with Crippen molar-refractivity contribution in [2.75, 3.05) is 0 Å². The van der Waals surface area contributed by atoms with Crippen molar-refractivity contribution >= 4 is 17.0 Å². The van der Waals surface area contributed by atoms with Crippen molar-refractivity contribution in [1.29, 1.82) is 0 Å². The summed E-state index contributed by atoms with van der Waals surface area (Å²) >= 11 is 1.60. The molecule has 1 atom stereocenters. The van der Waals surface area contributed by atoms with Crippen LogP contribution in [0.5, 0.6) is 0 Å². The van der Waals surface area contributed by atoms with Crippen molar-refractivity contribution in [2.24, 2.45) is 0 Å². The van der Waals surface area contributed by atoms with Crippen LogP contribution in [-0.4, -0.2) is 14.9 Å². The summed E-state index contributed by atoms with van der Waals surface area (Å²) in [5.74, 6) is 0. The summed E-state index contributed by atoms with van der Waals surface area (Å²) in [6, 6.07) is 0.145. The first-order chi connectivity index (χ1) is 10.0. The number of thiazole rings is 1. The van der Waals surface area contributed by atoms with Crippen LogP contribution in [0.1, 0.15) is 41.2 Å². The van der Waals surface area contributed by atoms with Crippen molar-refractivity contribution in [1.82, 2.24) is 15.3 Å². The predicted octanol–water partition coefficient (Wildman–Crippen LogP) is 3.30. The van der Waals surface area contributed by atoms with E-state index >= 15 is 0 Å². The van der Waals surface area contributed by atoms with Gasteiger partial charge in [0.25, 0.3) is 5.69 Å². The van der Waals surface area contributed by atoms with Crippen LogP contribution in [0, 0.1) is 24.0 Å². The molecule has 7 heteroatoms. The third-order valence-corrected chi connectivity index (χ3v) is 4.32. The van der Waals surface area contributed by atoms with Gasteiger partial charge in [0.15, 0.2) is 0 Å². The van der Waals surface area contributed by atoms with Crippen LogP contribution in [-0.2, 0) is 6.54 Å². The lowest BCUT2D eigenvalue weighted by Gasteiger charge is -2.15. The molecule has 1 unspecified atom stereocenters. The van der Waals surface area contributed by atoms with Crippen molar-refractivity contribution in [3.8, 4) is 0 Å². The molecule has 0 bridgehead atoms. The van der Waals surface area contributed by atoms with E-state index in [0.29, 0.717) is 23.4 Å². The molecule has 0 aliphatic carbocycles. The summed E-state index contributed by atoms with van der Waals surface area (Å²) in [5, 5.41) is 17.5. The third-order valence-electron chi connectivity index (χ3n) is 3.43. The Morgan fingerprint density at radius 3 is 2.76 bits per heavy atom. The molecule has 0 aliphatic heterocycles. The second-order valence-corrected chi connectivity index (χ2v) is 5.76. The zero-order chi connectivity index (χ0) is 15.4. The van der Waals surface area contributed by atoms with Gasteiger partial charge in [0, 0.05) is 35.4 Å². The smallest absolute Gasteiger partial charge is 0.278 e. The molecule has 6 nitrogen and oxygen atoms in total. The SMILES string of the molecule is CCC(NCc1ncc(C)c([N+](=O)[O-])c1C)c1nccs1. The highest BCUT2D eigenvalue weighted by Crippen LogP contribution is 2.25. The van der Waals surface area contributed by atoms with E-state index in [1.54, 1.807) is 37.6 Å². The molecule has 1 N–H and O–H groups in total. The molecule has 2 rings (SSSR count). The van der Waals surface area contributed by atoms with Gasteiger partial charge in [0.2, 0.25) is 0 Å². The Morgan fingerprint density at radius 2 is 2.19 bits per heavy atom. The number of hydrogen-bond acceptors (Lipinski definition) is 6. The summed E-state index contributed by atoms with van der Waals surface area (Å²) in [5.41, 5.74) is 2.08. The Labute approximate surface area is 127 Å². The van der Waals surface area contributed by atoms with E-state index in [0.717, 1.165) is 11.4 Å². The van der Waals surface area contributed by atoms with E-state index in [4.69, 9.17) is 0 Å². The summed E-state index contributed by atoms with van der Waals surface area (Å²) in [6.07, 6.45) is 4.25. The lowest BCUT2D eigenvalue weighted by atomic mass is 10.1. The van der Waals surface area contributed by atoms with Crippen LogP contribution < -0.4 is 5.32 Å². The first-order valence-electron chi connectivity index (χ1n) is 6.76. The first kappa shape index (κ1) is 15.5. The molecule has 2 aromatic rings. The van der Waals surface area contributed by atoms with E-state index in [2.05, 4.69) is 22.2 Å². The average Bonchev–Trinajstić information content (AvgIpc) is 2.95.